The third-order valence-electron chi connectivity index (χ3n) is 5.07. The molecule has 0 aliphatic heterocycles. The van der Waals surface area contributed by atoms with Crippen molar-refractivity contribution in [1.82, 2.24) is 29.5 Å². The minimum Gasteiger partial charge on any atom is -0.365 e. The molecule has 3 heterocycles. The Morgan fingerprint density at radius 2 is 1.30 bits per heavy atom. The van der Waals surface area contributed by atoms with Gasteiger partial charge in [-0.25, -0.2) is 23.7 Å². The standard InChI is InChI=1S/C15H14FN5.C11H9ClFN3/c1-11-18-6-7-21(11)15-10-17-9-14(20-15)19-8-12-2-4-13(16)5-3-12;12-10-6-14-7-11(16-10)15-5-8-1-3-9(13)4-2-8/h2-7,9-10H,8H2,1H3,(H,19,20);1-4,6-7H,5H2,(H,15,16). The number of hydrogen-bond donors (Lipinski definition) is 2. The number of anilines is 2. The Labute approximate surface area is 217 Å². The van der Waals surface area contributed by atoms with Crippen LogP contribution in [0.2, 0.25) is 5.15 Å². The van der Waals surface area contributed by atoms with Gasteiger partial charge in [-0.15, -0.1) is 0 Å². The van der Waals surface area contributed by atoms with Gasteiger partial charge in [0.2, 0.25) is 0 Å². The van der Waals surface area contributed by atoms with Crippen LogP contribution in [0.5, 0.6) is 0 Å². The SMILES string of the molecule is Cc1nccn1-c1cncc(NCc2ccc(F)cc2)n1.Fc1ccc(CNc2cncc(Cl)n2)cc1. The van der Waals surface area contributed by atoms with E-state index in [2.05, 4.69) is 35.6 Å². The molecule has 37 heavy (non-hydrogen) atoms. The number of nitrogens with zero attached hydrogens (tertiary/aromatic N) is 6. The number of hydrogen-bond acceptors (Lipinski definition) is 7. The summed E-state index contributed by atoms with van der Waals surface area (Å²) in [4.78, 5) is 20.7. The van der Waals surface area contributed by atoms with E-state index in [1.54, 1.807) is 49.1 Å². The van der Waals surface area contributed by atoms with Crippen molar-refractivity contribution in [2.24, 2.45) is 0 Å². The van der Waals surface area contributed by atoms with E-state index in [0.717, 1.165) is 17.0 Å². The van der Waals surface area contributed by atoms with E-state index in [0.29, 0.717) is 35.7 Å². The first-order chi connectivity index (χ1) is 18.0. The van der Waals surface area contributed by atoms with Gasteiger partial charge in [0.1, 0.15) is 34.2 Å². The number of imidazole rings is 1. The van der Waals surface area contributed by atoms with Crippen LogP contribution >= 0.6 is 11.6 Å². The second-order valence-electron chi connectivity index (χ2n) is 7.79. The Hall–Kier alpha value is -4.44. The molecule has 11 heteroatoms. The number of aryl methyl sites for hydroxylation is 1. The van der Waals surface area contributed by atoms with Gasteiger partial charge in [-0.3, -0.25) is 14.5 Å². The third kappa shape index (κ3) is 7.77. The summed E-state index contributed by atoms with van der Waals surface area (Å²) in [5, 5.41) is 6.55. The van der Waals surface area contributed by atoms with Crippen LogP contribution in [0.3, 0.4) is 0 Å². The maximum atomic E-state index is 12.8. The minimum atomic E-state index is -0.244. The molecule has 0 saturated heterocycles. The van der Waals surface area contributed by atoms with Gasteiger partial charge < -0.3 is 10.6 Å². The Kier molecular flexibility index (Phi) is 8.66. The molecule has 0 unspecified atom stereocenters. The van der Waals surface area contributed by atoms with Crippen LogP contribution in [0.4, 0.5) is 20.4 Å². The number of rotatable bonds is 7. The van der Waals surface area contributed by atoms with Crippen LogP contribution in [0.25, 0.3) is 5.82 Å². The summed E-state index contributed by atoms with van der Waals surface area (Å²) >= 11 is 5.68. The lowest BCUT2D eigenvalue weighted by molar-refractivity contribution is 0.626. The molecule has 5 rings (SSSR count). The molecule has 8 nitrogen and oxygen atoms in total. The fraction of sp³-hybridized carbons (Fsp3) is 0.115. The van der Waals surface area contributed by atoms with Crippen molar-refractivity contribution in [2.75, 3.05) is 10.6 Å². The topological polar surface area (TPSA) is 93.4 Å². The Morgan fingerprint density at radius 1 is 0.757 bits per heavy atom. The second-order valence-corrected chi connectivity index (χ2v) is 8.18. The first-order valence-electron chi connectivity index (χ1n) is 11.2. The average molecular weight is 521 g/mol. The maximum absolute atomic E-state index is 12.8. The second kappa shape index (κ2) is 12.5. The molecule has 0 atom stereocenters. The van der Waals surface area contributed by atoms with E-state index < -0.39 is 0 Å². The van der Waals surface area contributed by atoms with Crippen LogP contribution < -0.4 is 10.6 Å². The highest BCUT2D eigenvalue weighted by molar-refractivity contribution is 6.29. The maximum Gasteiger partial charge on any atom is 0.159 e. The molecule has 188 valence electrons. The predicted molar refractivity (Wildman–Crippen MR) is 138 cm³/mol. The van der Waals surface area contributed by atoms with E-state index >= 15 is 0 Å². The summed E-state index contributed by atoms with van der Waals surface area (Å²) in [5.74, 6) is 2.32. The lowest BCUT2D eigenvalue weighted by Gasteiger charge is -2.08. The van der Waals surface area contributed by atoms with Gasteiger partial charge in [-0.2, -0.15) is 0 Å². The molecule has 5 aromatic rings. The summed E-state index contributed by atoms with van der Waals surface area (Å²) in [6.45, 7) is 3.01. The van der Waals surface area contributed by atoms with Crippen LogP contribution in [0.1, 0.15) is 17.0 Å². The summed E-state index contributed by atoms with van der Waals surface area (Å²) in [6, 6.07) is 12.6. The number of nitrogens with one attached hydrogen (secondary N) is 2. The van der Waals surface area contributed by atoms with Crippen molar-refractivity contribution in [3.8, 4) is 5.82 Å². The van der Waals surface area contributed by atoms with Gasteiger partial charge in [0.05, 0.1) is 24.8 Å². The van der Waals surface area contributed by atoms with Crippen LogP contribution in [-0.4, -0.2) is 29.5 Å². The molecule has 0 aliphatic carbocycles. The van der Waals surface area contributed by atoms with Crippen molar-refractivity contribution in [3.63, 3.8) is 0 Å². The zero-order valence-corrected chi connectivity index (χ0v) is 20.6. The van der Waals surface area contributed by atoms with Gasteiger partial charge in [0.25, 0.3) is 0 Å². The average Bonchev–Trinajstić information content (AvgIpc) is 3.34. The highest BCUT2D eigenvalue weighted by atomic mass is 35.5. The highest BCUT2D eigenvalue weighted by Gasteiger charge is 2.04. The molecule has 0 saturated carbocycles. The van der Waals surface area contributed by atoms with Crippen molar-refractivity contribution in [1.29, 1.82) is 0 Å². The Balaban J connectivity index is 0.000000180. The zero-order valence-electron chi connectivity index (χ0n) is 19.8. The molecule has 3 aromatic heterocycles. The largest absolute Gasteiger partial charge is 0.365 e. The van der Waals surface area contributed by atoms with E-state index in [1.165, 1.54) is 30.5 Å². The van der Waals surface area contributed by atoms with E-state index in [9.17, 15) is 8.78 Å². The lowest BCUT2D eigenvalue weighted by Crippen LogP contribution is -2.05. The fourth-order valence-electron chi connectivity index (χ4n) is 3.19. The summed E-state index contributed by atoms with van der Waals surface area (Å²) in [6.07, 6.45) is 9.93. The minimum absolute atomic E-state index is 0.240. The molecule has 0 bridgehead atoms. The summed E-state index contributed by atoms with van der Waals surface area (Å²) in [7, 11) is 0. The Morgan fingerprint density at radius 3 is 1.81 bits per heavy atom. The van der Waals surface area contributed by atoms with Crippen LogP contribution in [0.15, 0.2) is 85.7 Å². The van der Waals surface area contributed by atoms with Crippen molar-refractivity contribution in [3.05, 3.63) is 119 Å². The first kappa shape index (κ1) is 25.6. The predicted octanol–water partition coefficient (Wildman–Crippen LogP) is 5.60. The van der Waals surface area contributed by atoms with Gasteiger partial charge in [-0.05, 0) is 42.3 Å². The molecule has 0 amide bonds. The molecule has 0 spiro atoms. The van der Waals surface area contributed by atoms with E-state index in [-0.39, 0.29) is 11.6 Å². The molecule has 2 N–H and O–H groups in total. The van der Waals surface area contributed by atoms with Crippen molar-refractivity contribution in [2.45, 2.75) is 20.0 Å². The monoisotopic (exact) mass is 520 g/mol. The first-order valence-corrected chi connectivity index (χ1v) is 11.6. The van der Waals surface area contributed by atoms with Crippen molar-refractivity contribution >= 4 is 23.2 Å². The number of aromatic nitrogens is 6. The molecule has 0 aliphatic rings. The number of benzene rings is 2. The van der Waals surface area contributed by atoms with Gasteiger partial charge in [-0.1, -0.05) is 35.9 Å². The molecule has 2 aromatic carbocycles. The number of halogens is 3. The summed E-state index contributed by atoms with van der Waals surface area (Å²) in [5.41, 5.74) is 1.94. The summed E-state index contributed by atoms with van der Waals surface area (Å²) < 4.78 is 27.3. The van der Waals surface area contributed by atoms with Gasteiger partial charge in [0.15, 0.2) is 5.82 Å². The normalized spacial score (nSPS) is 10.4. The van der Waals surface area contributed by atoms with Gasteiger partial charge in [0, 0.05) is 25.5 Å². The molecular weight excluding hydrogens is 498 g/mol. The van der Waals surface area contributed by atoms with Crippen LogP contribution in [-0.2, 0) is 13.1 Å². The highest BCUT2D eigenvalue weighted by Crippen LogP contribution is 2.12. The molecule has 0 radical (unpaired) electrons. The lowest BCUT2D eigenvalue weighted by atomic mass is 10.2. The quantitative estimate of drug-likeness (QED) is 0.288. The fourth-order valence-corrected chi connectivity index (χ4v) is 3.34. The molecule has 0 fully saturated rings. The van der Waals surface area contributed by atoms with E-state index in [1.807, 2.05) is 17.7 Å². The third-order valence-corrected chi connectivity index (χ3v) is 5.26. The zero-order chi connectivity index (χ0) is 26.0. The van der Waals surface area contributed by atoms with Crippen LogP contribution in [0, 0.1) is 18.6 Å². The Bertz CT molecular complexity index is 1430. The molecular formula is C26H23ClF2N8. The van der Waals surface area contributed by atoms with E-state index in [4.69, 9.17) is 11.6 Å². The smallest absolute Gasteiger partial charge is 0.159 e. The van der Waals surface area contributed by atoms with Crippen molar-refractivity contribution < 1.29 is 8.78 Å². The van der Waals surface area contributed by atoms with Gasteiger partial charge >= 0.3 is 0 Å².